The highest BCUT2D eigenvalue weighted by atomic mass is 16.4. The molecule has 0 fully saturated rings. The summed E-state index contributed by atoms with van der Waals surface area (Å²) in [5.74, 6) is -1.21. The maximum atomic E-state index is 10.6. The van der Waals surface area contributed by atoms with Crippen LogP contribution in [0.4, 0.5) is 0 Å². The Balaban J connectivity index is 2.97. The van der Waals surface area contributed by atoms with Crippen LogP contribution < -0.4 is 9.67 Å². The number of aliphatic hydroxyl groups is 1. The highest BCUT2D eigenvalue weighted by molar-refractivity contribution is 5.84. The van der Waals surface area contributed by atoms with Gasteiger partial charge in [-0.1, -0.05) is 13.3 Å². The highest BCUT2D eigenvalue weighted by Crippen LogP contribution is 2.14. The van der Waals surface area contributed by atoms with Crippen LogP contribution in [0, 0.1) is 0 Å². The lowest BCUT2D eigenvalue weighted by atomic mass is 10.1. The van der Waals surface area contributed by atoms with Crippen LogP contribution in [0.1, 0.15) is 41.9 Å². The van der Waals surface area contributed by atoms with E-state index in [1.54, 1.807) is 17.7 Å². The third kappa shape index (κ3) is 2.76. The maximum Gasteiger partial charge on any atom is 0.209 e. The minimum atomic E-state index is -1.21. The normalized spacial score (nSPS) is 12.5. The molecule has 0 bridgehead atoms. The van der Waals surface area contributed by atoms with Crippen LogP contribution in [-0.2, 0) is 7.05 Å². The van der Waals surface area contributed by atoms with E-state index in [9.17, 15) is 15.0 Å². The number of pyridine rings is 1. The highest BCUT2D eigenvalue weighted by Gasteiger charge is 2.16. The summed E-state index contributed by atoms with van der Waals surface area (Å²) in [6.45, 7) is 1.98. The first-order valence-corrected chi connectivity index (χ1v) is 4.95. The maximum absolute atomic E-state index is 10.6. The van der Waals surface area contributed by atoms with Gasteiger partial charge in [-0.2, -0.15) is 0 Å². The fourth-order valence-electron chi connectivity index (χ4n) is 1.51. The van der Waals surface area contributed by atoms with Gasteiger partial charge in [-0.15, -0.1) is 0 Å². The molecule has 0 spiro atoms. The molecule has 0 aromatic carbocycles. The quantitative estimate of drug-likeness (QED) is 0.693. The molecule has 4 nitrogen and oxygen atoms in total. The molecule has 0 unspecified atom stereocenters. The molecule has 1 atom stereocenters. The zero-order chi connectivity index (χ0) is 11.4. The Morgan fingerprint density at radius 1 is 1.60 bits per heavy atom. The lowest BCUT2D eigenvalue weighted by molar-refractivity contribution is -0.683. The van der Waals surface area contributed by atoms with Crippen LogP contribution in [0.5, 0.6) is 0 Å². The van der Waals surface area contributed by atoms with Gasteiger partial charge < -0.3 is 15.0 Å². The molecule has 0 saturated carbocycles. The summed E-state index contributed by atoms with van der Waals surface area (Å²) < 4.78 is 1.62. The van der Waals surface area contributed by atoms with Crippen molar-refractivity contribution < 1.29 is 19.6 Å². The second-order valence-electron chi connectivity index (χ2n) is 3.55. The number of carbonyl (C=O) groups excluding carboxylic acids is 1. The SMILES string of the molecule is CCC[C@H](O)c1ccc(C(=O)[O-])c[n+]1C. The van der Waals surface area contributed by atoms with Crippen LogP contribution in [-0.4, -0.2) is 11.1 Å². The number of aromatic nitrogens is 1. The first kappa shape index (κ1) is 11.7. The van der Waals surface area contributed by atoms with Crippen LogP contribution in [0.25, 0.3) is 0 Å². The largest absolute Gasteiger partial charge is 0.545 e. The fourth-order valence-corrected chi connectivity index (χ4v) is 1.51. The predicted octanol–water partition coefficient (Wildman–Crippen LogP) is -0.292. The van der Waals surface area contributed by atoms with Crippen molar-refractivity contribution in [2.75, 3.05) is 0 Å². The van der Waals surface area contributed by atoms with Crippen LogP contribution in [0.3, 0.4) is 0 Å². The molecule has 0 aliphatic carbocycles. The van der Waals surface area contributed by atoms with E-state index in [-0.39, 0.29) is 5.56 Å². The molecule has 15 heavy (non-hydrogen) atoms. The number of carbonyl (C=O) groups is 1. The molecule has 1 rings (SSSR count). The molecule has 4 heteroatoms. The molecule has 0 radical (unpaired) electrons. The van der Waals surface area contributed by atoms with E-state index in [1.807, 2.05) is 6.92 Å². The van der Waals surface area contributed by atoms with E-state index in [0.717, 1.165) is 6.42 Å². The summed E-state index contributed by atoms with van der Waals surface area (Å²) in [6, 6.07) is 3.06. The summed E-state index contributed by atoms with van der Waals surface area (Å²) in [5, 5.41) is 20.3. The van der Waals surface area contributed by atoms with Crippen LogP contribution >= 0.6 is 0 Å². The number of carboxylic acids is 1. The third-order valence-electron chi connectivity index (χ3n) is 2.31. The minimum Gasteiger partial charge on any atom is -0.545 e. The molecule has 1 aromatic heterocycles. The van der Waals surface area contributed by atoms with Gasteiger partial charge >= 0.3 is 0 Å². The van der Waals surface area contributed by atoms with Gasteiger partial charge in [0.05, 0.1) is 11.5 Å². The van der Waals surface area contributed by atoms with E-state index in [2.05, 4.69) is 0 Å². The number of hydrogen-bond donors (Lipinski definition) is 1. The van der Waals surface area contributed by atoms with Gasteiger partial charge in [0.25, 0.3) is 0 Å². The number of carboxylic acid groups (broad SMARTS) is 1. The number of rotatable bonds is 4. The molecule has 0 amide bonds. The number of nitrogens with zero attached hydrogens (tertiary/aromatic N) is 1. The minimum absolute atomic E-state index is 0.116. The smallest absolute Gasteiger partial charge is 0.209 e. The summed E-state index contributed by atoms with van der Waals surface area (Å²) in [5.41, 5.74) is 0.826. The van der Waals surface area contributed by atoms with Crippen LogP contribution in [0.15, 0.2) is 18.3 Å². The second-order valence-corrected chi connectivity index (χ2v) is 3.55. The number of hydrogen-bond acceptors (Lipinski definition) is 3. The van der Waals surface area contributed by atoms with Crippen molar-refractivity contribution in [3.63, 3.8) is 0 Å². The number of aryl methyl sites for hydroxylation is 1. The fraction of sp³-hybridized carbons (Fsp3) is 0.455. The van der Waals surface area contributed by atoms with Crippen molar-refractivity contribution in [1.29, 1.82) is 0 Å². The monoisotopic (exact) mass is 209 g/mol. The zero-order valence-corrected chi connectivity index (χ0v) is 8.93. The number of aromatic carboxylic acids is 1. The summed E-state index contributed by atoms with van der Waals surface area (Å²) in [6.07, 6.45) is 2.45. The zero-order valence-electron chi connectivity index (χ0n) is 8.93. The van der Waals surface area contributed by atoms with E-state index in [4.69, 9.17) is 0 Å². The molecule has 0 aliphatic heterocycles. The first-order chi connectivity index (χ1) is 7.06. The molecule has 0 saturated heterocycles. The van der Waals surface area contributed by atoms with Gasteiger partial charge in [0, 0.05) is 6.07 Å². The molecular formula is C11H15NO3. The van der Waals surface area contributed by atoms with Crippen molar-refractivity contribution in [3.8, 4) is 0 Å². The van der Waals surface area contributed by atoms with E-state index in [1.165, 1.54) is 12.3 Å². The summed E-state index contributed by atoms with van der Waals surface area (Å²) in [4.78, 5) is 10.6. The molecule has 1 aromatic rings. The lowest BCUT2D eigenvalue weighted by Gasteiger charge is -2.08. The summed E-state index contributed by atoms with van der Waals surface area (Å²) in [7, 11) is 1.71. The molecule has 82 valence electrons. The van der Waals surface area contributed by atoms with Gasteiger partial charge in [-0.05, 0) is 12.5 Å². The Kier molecular flexibility index (Phi) is 3.80. The molecular weight excluding hydrogens is 194 g/mol. The van der Waals surface area contributed by atoms with Gasteiger partial charge in [0.2, 0.25) is 5.69 Å². The van der Waals surface area contributed by atoms with Crippen molar-refractivity contribution in [1.82, 2.24) is 0 Å². The Bertz CT molecular complexity index is 363. The standard InChI is InChI=1S/C11H15NO3/c1-3-4-10(13)9-6-5-8(11(14)15)7-12(9)2/h5-7,10,13H,3-4H2,1-2H3/t10-/m0/s1. The van der Waals surface area contributed by atoms with E-state index < -0.39 is 12.1 Å². The third-order valence-corrected chi connectivity index (χ3v) is 2.31. The Morgan fingerprint density at radius 3 is 2.73 bits per heavy atom. The summed E-state index contributed by atoms with van der Waals surface area (Å²) >= 11 is 0. The van der Waals surface area contributed by atoms with Crippen molar-refractivity contribution in [2.24, 2.45) is 7.05 Å². The first-order valence-electron chi connectivity index (χ1n) is 4.95. The average molecular weight is 209 g/mol. The van der Waals surface area contributed by atoms with Gasteiger partial charge in [-0.3, -0.25) is 0 Å². The van der Waals surface area contributed by atoms with Gasteiger partial charge in [-0.25, -0.2) is 4.57 Å². The molecule has 0 aliphatic rings. The van der Waals surface area contributed by atoms with Gasteiger partial charge in [0.15, 0.2) is 6.20 Å². The van der Waals surface area contributed by atoms with Gasteiger partial charge in [0.1, 0.15) is 13.2 Å². The number of aliphatic hydroxyl groups excluding tert-OH is 1. The van der Waals surface area contributed by atoms with Crippen molar-refractivity contribution in [2.45, 2.75) is 25.9 Å². The van der Waals surface area contributed by atoms with Crippen molar-refractivity contribution in [3.05, 3.63) is 29.6 Å². The Labute approximate surface area is 88.8 Å². The second kappa shape index (κ2) is 4.89. The predicted molar refractivity (Wildman–Crippen MR) is 51.8 cm³/mol. The molecule has 1 N–H and O–H groups in total. The van der Waals surface area contributed by atoms with E-state index >= 15 is 0 Å². The van der Waals surface area contributed by atoms with E-state index in [0.29, 0.717) is 12.1 Å². The lowest BCUT2D eigenvalue weighted by Crippen LogP contribution is -2.37. The Morgan fingerprint density at radius 2 is 2.27 bits per heavy atom. The average Bonchev–Trinajstić information content (AvgIpc) is 2.17. The van der Waals surface area contributed by atoms with Crippen LogP contribution in [0.2, 0.25) is 0 Å². The molecule has 1 heterocycles. The van der Waals surface area contributed by atoms with Crippen molar-refractivity contribution >= 4 is 5.97 Å². The Hall–Kier alpha value is -1.42. The topological polar surface area (TPSA) is 64.2 Å².